The van der Waals surface area contributed by atoms with Crippen LogP contribution in [0.5, 0.6) is 0 Å². The first-order valence-electron chi connectivity index (χ1n) is 7.60. The van der Waals surface area contributed by atoms with Gasteiger partial charge >= 0.3 is 0 Å². The monoisotopic (exact) mass is 293 g/mol. The molecule has 3 rings (SSSR count). The summed E-state index contributed by atoms with van der Waals surface area (Å²) in [4.78, 5) is 18.0. The molecule has 2 aliphatic rings. The van der Waals surface area contributed by atoms with Crippen molar-refractivity contribution in [2.75, 3.05) is 25.5 Å². The highest BCUT2D eigenvalue weighted by atomic mass is 16.3. The lowest BCUT2D eigenvalue weighted by Crippen LogP contribution is -2.33. The third kappa shape index (κ3) is 3.18. The van der Waals surface area contributed by atoms with Gasteiger partial charge in [0.2, 0.25) is 11.9 Å². The Morgan fingerprint density at radius 3 is 2.81 bits per heavy atom. The molecule has 7 heteroatoms. The fraction of sp³-hybridized carbons (Fsp3) is 0.786. The summed E-state index contributed by atoms with van der Waals surface area (Å²) in [6.45, 7) is 0.557. The molecule has 1 aromatic heterocycles. The van der Waals surface area contributed by atoms with Crippen molar-refractivity contribution >= 4 is 11.9 Å². The van der Waals surface area contributed by atoms with Gasteiger partial charge in [-0.15, -0.1) is 5.10 Å². The first kappa shape index (κ1) is 14.3. The number of aromatic amines is 1. The molecule has 0 aliphatic heterocycles. The molecule has 21 heavy (non-hydrogen) atoms. The molecule has 1 heterocycles. The van der Waals surface area contributed by atoms with E-state index in [1.165, 1.54) is 0 Å². The number of aromatic nitrogens is 3. The van der Waals surface area contributed by atoms with Gasteiger partial charge in [0.15, 0.2) is 0 Å². The summed E-state index contributed by atoms with van der Waals surface area (Å²) in [7, 11) is 3.79. The number of anilines is 1. The van der Waals surface area contributed by atoms with Crippen LogP contribution in [0.1, 0.15) is 37.4 Å². The summed E-state index contributed by atoms with van der Waals surface area (Å²) in [5, 5.41) is 20.3. The van der Waals surface area contributed by atoms with Gasteiger partial charge in [0.25, 0.3) is 0 Å². The summed E-state index contributed by atoms with van der Waals surface area (Å²) in [6.07, 6.45) is 3.13. The molecule has 0 spiro atoms. The van der Waals surface area contributed by atoms with Crippen molar-refractivity contribution in [2.24, 2.45) is 11.8 Å². The fourth-order valence-corrected chi connectivity index (χ4v) is 2.91. The summed E-state index contributed by atoms with van der Waals surface area (Å²) >= 11 is 0. The molecule has 1 aromatic rings. The van der Waals surface area contributed by atoms with Gasteiger partial charge < -0.3 is 15.3 Å². The molecule has 0 bridgehead atoms. The maximum absolute atomic E-state index is 11.7. The first-order valence-corrected chi connectivity index (χ1v) is 7.60. The maximum Gasteiger partial charge on any atom is 0.244 e. The van der Waals surface area contributed by atoms with Gasteiger partial charge in [0.1, 0.15) is 5.82 Å². The molecular formula is C14H23N5O2. The van der Waals surface area contributed by atoms with E-state index in [1.54, 1.807) is 0 Å². The predicted molar refractivity (Wildman–Crippen MR) is 77.9 cm³/mol. The van der Waals surface area contributed by atoms with Crippen molar-refractivity contribution in [3.8, 4) is 0 Å². The molecule has 2 saturated carbocycles. The van der Waals surface area contributed by atoms with Crippen molar-refractivity contribution in [1.29, 1.82) is 0 Å². The lowest BCUT2D eigenvalue weighted by atomic mass is 10.0. The van der Waals surface area contributed by atoms with E-state index in [0.717, 1.165) is 25.1 Å². The number of H-pyrrole nitrogens is 1. The highest BCUT2D eigenvalue weighted by molar-refractivity contribution is 5.80. The van der Waals surface area contributed by atoms with E-state index < -0.39 is 0 Å². The van der Waals surface area contributed by atoms with Crippen LogP contribution in [0.15, 0.2) is 0 Å². The number of carbonyl (C=O) groups is 1. The average Bonchev–Trinajstić information content (AvgIpc) is 3.05. The van der Waals surface area contributed by atoms with Crippen molar-refractivity contribution in [1.82, 2.24) is 20.5 Å². The van der Waals surface area contributed by atoms with Crippen molar-refractivity contribution in [3.63, 3.8) is 0 Å². The lowest BCUT2D eigenvalue weighted by molar-refractivity contribution is -0.122. The number of nitrogens with zero attached hydrogens (tertiary/aromatic N) is 3. The Labute approximate surface area is 124 Å². The Kier molecular flexibility index (Phi) is 3.84. The second-order valence-electron chi connectivity index (χ2n) is 6.43. The topological polar surface area (TPSA) is 94.1 Å². The minimum absolute atomic E-state index is 0.102. The zero-order valence-electron chi connectivity index (χ0n) is 12.5. The van der Waals surface area contributed by atoms with Crippen LogP contribution in [0.3, 0.4) is 0 Å². The zero-order valence-corrected chi connectivity index (χ0v) is 12.5. The normalized spacial score (nSPS) is 28.6. The van der Waals surface area contributed by atoms with E-state index in [4.69, 9.17) is 0 Å². The number of nitrogens with one attached hydrogen (secondary N) is 2. The van der Waals surface area contributed by atoms with Gasteiger partial charge in [-0.25, -0.2) is 0 Å². The van der Waals surface area contributed by atoms with Crippen LogP contribution in [0.2, 0.25) is 0 Å². The third-order valence-corrected chi connectivity index (χ3v) is 4.42. The van der Waals surface area contributed by atoms with Gasteiger partial charge in [-0.2, -0.15) is 4.98 Å². The summed E-state index contributed by atoms with van der Waals surface area (Å²) in [6, 6.07) is 0. The van der Waals surface area contributed by atoms with Crippen molar-refractivity contribution in [3.05, 3.63) is 5.82 Å². The van der Waals surface area contributed by atoms with Crippen LogP contribution in [-0.4, -0.2) is 52.9 Å². The molecule has 3 atom stereocenters. The molecular weight excluding hydrogens is 270 g/mol. The largest absolute Gasteiger partial charge is 0.393 e. The van der Waals surface area contributed by atoms with Gasteiger partial charge in [0.05, 0.1) is 6.10 Å². The number of aliphatic hydroxyl groups is 1. The molecule has 0 unspecified atom stereocenters. The maximum atomic E-state index is 11.7. The molecule has 1 amide bonds. The van der Waals surface area contributed by atoms with Crippen LogP contribution in [0.4, 0.5) is 5.95 Å². The van der Waals surface area contributed by atoms with E-state index in [-0.39, 0.29) is 29.8 Å². The summed E-state index contributed by atoms with van der Waals surface area (Å²) in [5.41, 5.74) is 0. The lowest BCUT2D eigenvalue weighted by Gasteiger charge is -2.14. The number of hydrogen-bond acceptors (Lipinski definition) is 5. The SMILES string of the molecule is CN(C)c1n[nH]c([C@H]2C[C@H](CNC(=O)C3CC3)[C@H](O)C2)n1. The molecule has 0 radical (unpaired) electrons. The molecule has 3 N–H and O–H groups in total. The zero-order chi connectivity index (χ0) is 15.0. The van der Waals surface area contributed by atoms with Gasteiger partial charge in [-0.05, 0) is 25.7 Å². The van der Waals surface area contributed by atoms with E-state index in [9.17, 15) is 9.90 Å². The Morgan fingerprint density at radius 1 is 1.43 bits per heavy atom. The Hall–Kier alpha value is -1.63. The second kappa shape index (κ2) is 5.63. The van der Waals surface area contributed by atoms with Crippen LogP contribution in [0, 0.1) is 11.8 Å². The van der Waals surface area contributed by atoms with Crippen LogP contribution in [-0.2, 0) is 4.79 Å². The molecule has 7 nitrogen and oxygen atoms in total. The third-order valence-electron chi connectivity index (χ3n) is 4.42. The van der Waals surface area contributed by atoms with Crippen molar-refractivity contribution in [2.45, 2.75) is 37.7 Å². The highest BCUT2D eigenvalue weighted by Crippen LogP contribution is 2.37. The average molecular weight is 293 g/mol. The summed E-state index contributed by atoms with van der Waals surface area (Å²) < 4.78 is 0. The van der Waals surface area contributed by atoms with E-state index in [2.05, 4.69) is 20.5 Å². The fourth-order valence-electron chi connectivity index (χ4n) is 2.91. The Morgan fingerprint density at radius 2 is 2.19 bits per heavy atom. The number of carbonyl (C=O) groups excluding carboxylic acids is 1. The van der Waals surface area contributed by atoms with E-state index in [0.29, 0.717) is 18.9 Å². The minimum atomic E-state index is -0.387. The Balaban J connectivity index is 1.55. The van der Waals surface area contributed by atoms with E-state index >= 15 is 0 Å². The predicted octanol–water partition coefficient (Wildman–Crippen LogP) is 0.251. The Bertz CT molecular complexity index is 511. The molecule has 116 valence electrons. The number of hydrogen-bond donors (Lipinski definition) is 3. The minimum Gasteiger partial charge on any atom is -0.393 e. The molecule has 2 fully saturated rings. The standard InChI is InChI=1S/C14H23N5O2/c1-19(2)14-16-12(17-18-14)9-5-10(11(20)6-9)7-15-13(21)8-3-4-8/h8-11,20H,3-7H2,1-2H3,(H,15,21)(H,16,17,18)/t9-,10+,11+/m0/s1. The van der Waals surface area contributed by atoms with Crippen LogP contribution < -0.4 is 10.2 Å². The van der Waals surface area contributed by atoms with E-state index in [1.807, 2.05) is 19.0 Å². The van der Waals surface area contributed by atoms with Gasteiger partial charge in [0, 0.05) is 38.4 Å². The van der Waals surface area contributed by atoms with Crippen LogP contribution >= 0.6 is 0 Å². The number of rotatable bonds is 5. The van der Waals surface area contributed by atoms with Crippen LogP contribution in [0.25, 0.3) is 0 Å². The number of aliphatic hydroxyl groups excluding tert-OH is 1. The van der Waals surface area contributed by atoms with Gasteiger partial charge in [-0.1, -0.05) is 0 Å². The number of amides is 1. The van der Waals surface area contributed by atoms with Crippen molar-refractivity contribution < 1.29 is 9.90 Å². The molecule has 2 aliphatic carbocycles. The first-order chi connectivity index (χ1) is 10.0. The highest BCUT2D eigenvalue weighted by Gasteiger charge is 2.37. The second-order valence-corrected chi connectivity index (χ2v) is 6.43. The van der Waals surface area contributed by atoms with Gasteiger partial charge in [-0.3, -0.25) is 9.89 Å². The smallest absolute Gasteiger partial charge is 0.244 e. The molecule has 0 saturated heterocycles. The molecule has 0 aromatic carbocycles. The summed E-state index contributed by atoms with van der Waals surface area (Å²) in [5.74, 6) is 2.13. The quantitative estimate of drug-likeness (QED) is 0.723.